The third-order valence-electron chi connectivity index (χ3n) is 4.31. The van der Waals surface area contributed by atoms with Gasteiger partial charge in [0.05, 0.1) is 21.5 Å². The summed E-state index contributed by atoms with van der Waals surface area (Å²) in [5, 5.41) is 4.98. The van der Waals surface area contributed by atoms with Gasteiger partial charge in [0.2, 0.25) is 5.89 Å². The molecule has 0 saturated heterocycles. The molecule has 2 aromatic carbocycles. The third kappa shape index (κ3) is 4.66. The van der Waals surface area contributed by atoms with E-state index in [9.17, 15) is 9.18 Å². The van der Waals surface area contributed by atoms with E-state index in [1.165, 1.54) is 28.8 Å². The van der Waals surface area contributed by atoms with Crippen molar-refractivity contribution in [1.82, 2.24) is 10.1 Å². The highest BCUT2D eigenvalue weighted by Gasteiger charge is 2.33. The summed E-state index contributed by atoms with van der Waals surface area (Å²) >= 11 is 13.2. The lowest BCUT2D eigenvalue weighted by Gasteiger charge is -2.17. The number of aromatic nitrogens is 2. The molecule has 158 valence electrons. The van der Waals surface area contributed by atoms with Crippen molar-refractivity contribution in [2.24, 2.45) is 4.99 Å². The van der Waals surface area contributed by atoms with Crippen molar-refractivity contribution in [2.45, 2.75) is 19.1 Å². The molecule has 1 aliphatic heterocycles. The molecule has 6 nitrogen and oxygen atoms in total. The Balaban J connectivity index is 1.68. The van der Waals surface area contributed by atoms with Crippen LogP contribution in [0.2, 0.25) is 10.0 Å². The third-order valence-corrected chi connectivity index (χ3v) is 5.99. The van der Waals surface area contributed by atoms with Gasteiger partial charge in [-0.3, -0.25) is 9.69 Å². The minimum absolute atomic E-state index is 0.110. The molecule has 0 radical (unpaired) electrons. The Morgan fingerprint density at radius 3 is 2.71 bits per heavy atom. The minimum atomic E-state index is -0.534. The summed E-state index contributed by atoms with van der Waals surface area (Å²) in [5.41, 5.74) is 0.900. The second kappa shape index (κ2) is 9.21. The molecule has 1 amide bonds. The first-order valence-corrected chi connectivity index (χ1v) is 11.0. The molecule has 0 aliphatic carbocycles. The second-order valence-corrected chi connectivity index (χ2v) is 8.19. The van der Waals surface area contributed by atoms with Gasteiger partial charge in [-0.25, -0.2) is 9.38 Å². The van der Waals surface area contributed by atoms with Crippen LogP contribution < -0.4 is 4.90 Å². The number of benzene rings is 2. The number of nitrogens with zero attached hydrogens (tertiary/aromatic N) is 4. The molecule has 3 aromatic rings. The van der Waals surface area contributed by atoms with E-state index >= 15 is 0 Å². The Kier molecular flexibility index (Phi) is 6.41. The molecule has 0 N–H and O–H groups in total. The number of thioether (sulfide) groups is 1. The maximum absolute atomic E-state index is 14.5. The largest absolute Gasteiger partial charge is 0.339 e. The highest BCUT2D eigenvalue weighted by molar-refractivity contribution is 8.13. The number of amidine groups is 1. The molecule has 2 heterocycles. The van der Waals surface area contributed by atoms with Gasteiger partial charge in [-0.2, -0.15) is 4.98 Å². The average Bonchev–Trinajstić information content (AvgIpc) is 3.34. The van der Waals surface area contributed by atoms with Crippen molar-refractivity contribution in [3.63, 3.8) is 0 Å². The van der Waals surface area contributed by atoms with Gasteiger partial charge in [-0.1, -0.05) is 65.2 Å². The Bertz CT molecular complexity index is 1210. The van der Waals surface area contributed by atoms with Gasteiger partial charge in [-0.15, -0.1) is 0 Å². The molecule has 0 atom stereocenters. The van der Waals surface area contributed by atoms with Crippen LogP contribution in [0.4, 0.5) is 10.1 Å². The minimum Gasteiger partial charge on any atom is -0.339 e. The number of para-hydroxylation sites is 1. The fraction of sp³-hybridized carbons (Fsp3) is 0.143. The van der Waals surface area contributed by atoms with Crippen LogP contribution in [0.15, 0.2) is 57.7 Å². The van der Waals surface area contributed by atoms with E-state index in [1.54, 1.807) is 36.4 Å². The number of anilines is 1. The van der Waals surface area contributed by atoms with Crippen molar-refractivity contribution < 1.29 is 13.7 Å². The molecule has 1 aromatic heterocycles. The number of aliphatic imine (C=N–C) groups is 1. The first-order chi connectivity index (χ1) is 15.0. The van der Waals surface area contributed by atoms with Crippen molar-refractivity contribution in [3.05, 3.63) is 81.3 Å². The Labute approximate surface area is 191 Å². The summed E-state index contributed by atoms with van der Waals surface area (Å²) in [6, 6.07) is 11.0. The lowest BCUT2D eigenvalue weighted by atomic mass is 10.2. The summed E-state index contributed by atoms with van der Waals surface area (Å²) in [5.74, 6) is 0.299. The number of rotatable bonds is 5. The van der Waals surface area contributed by atoms with Gasteiger partial charge in [0.1, 0.15) is 11.5 Å². The van der Waals surface area contributed by atoms with Crippen LogP contribution in [0.1, 0.15) is 24.2 Å². The van der Waals surface area contributed by atoms with E-state index in [2.05, 4.69) is 15.1 Å². The molecule has 0 fully saturated rings. The van der Waals surface area contributed by atoms with E-state index in [-0.39, 0.29) is 11.4 Å². The van der Waals surface area contributed by atoms with Crippen molar-refractivity contribution in [1.29, 1.82) is 0 Å². The van der Waals surface area contributed by atoms with Gasteiger partial charge in [-0.05, 0) is 35.9 Å². The van der Waals surface area contributed by atoms with Crippen LogP contribution in [0.25, 0.3) is 6.08 Å². The quantitative estimate of drug-likeness (QED) is 0.438. The standard InChI is InChI=1S/C21H15Cl2FN4O2S/c1-2-19-26-18(27-30-19)11-31-21-25-16(10-12-7-8-13(22)14(23)9-12)20(29)28(21)17-6-4-3-5-15(17)24/h3-10H,2,11H2,1H3/b16-10+. The van der Waals surface area contributed by atoms with Gasteiger partial charge in [0.15, 0.2) is 11.0 Å². The molecule has 4 rings (SSSR count). The van der Waals surface area contributed by atoms with Crippen LogP contribution in [-0.2, 0) is 17.0 Å². The Hall–Kier alpha value is -2.68. The molecule has 0 unspecified atom stereocenters. The summed E-state index contributed by atoms with van der Waals surface area (Å²) in [6.07, 6.45) is 2.20. The van der Waals surface area contributed by atoms with Gasteiger partial charge < -0.3 is 4.52 Å². The molecule has 10 heteroatoms. The van der Waals surface area contributed by atoms with Gasteiger partial charge in [0.25, 0.3) is 5.91 Å². The first kappa shape index (κ1) is 21.5. The normalized spacial score (nSPS) is 15.1. The Morgan fingerprint density at radius 1 is 1.19 bits per heavy atom. The van der Waals surface area contributed by atoms with Crippen molar-refractivity contribution >= 4 is 57.8 Å². The number of halogens is 3. The summed E-state index contributed by atoms with van der Waals surface area (Å²) in [4.78, 5) is 23.1. The monoisotopic (exact) mass is 476 g/mol. The molecular formula is C21H15Cl2FN4O2S. The summed E-state index contributed by atoms with van der Waals surface area (Å²) in [7, 11) is 0. The first-order valence-electron chi connectivity index (χ1n) is 9.25. The highest BCUT2D eigenvalue weighted by Crippen LogP contribution is 2.32. The summed E-state index contributed by atoms with van der Waals surface area (Å²) < 4.78 is 19.6. The van der Waals surface area contributed by atoms with Crippen LogP contribution in [0, 0.1) is 5.82 Å². The molecule has 0 spiro atoms. The van der Waals surface area contributed by atoms with Crippen LogP contribution in [0.3, 0.4) is 0 Å². The lowest BCUT2D eigenvalue weighted by Crippen LogP contribution is -2.31. The van der Waals surface area contributed by atoms with E-state index < -0.39 is 11.7 Å². The number of hydrogen-bond acceptors (Lipinski definition) is 6. The molecular weight excluding hydrogens is 462 g/mol. The number of carbonyl (C=O) groups excluding carboxylic acids is 1. The molecule has 1 aliphatic rings. The Morgan fingerprint density at radius 2 is 2.00 bits per heavy atom. The number of carbonyl (C=O) groups is 1. The predicted molar refractivity (Wildman–Crippen MR) is 121 cm³/mol. The maximum Gasteiger partial charge on any atom is 0.283 e. The smallest absolute Gasteiger partial charge is 0.283 e. The number of aryl methyl sites for hydroxylation is 1. The highest BCUT2D eigenvalue weighted by atomic mass is 35.5. The van der Waals surface area contributed by atoms with E-state index in [0.29, 0.717) is 44.7 Å². The average molecular weight is 477 g/mol. The van der Waals surface area contributed by atoms with Crippen LogP contribution in [-0.4, -0.2) is 21.2 Å². The zero-order valence-corrected chi connectivity index (χ0v) is 18.5. The van der Waals surface area contributed by atoms with Crippen LogP contribution in [0.5, 0.6) is 0 Å². The molecule has 0 saturated carbocycles. The van der Waals surface area contributed by atoms with Gasteiger partial charge >= 0.3 is 0 Å². The van der Waals surface area contributed by atoms with Crippen molar-refractivity contribution in [3.8, 4) is 0 Å². The lowest BCUT2D eigenvalue weighted by molar-refractivity contribution is -0.113. The summed E-state index contributed by atoms with van der Waals surface area (Å²) in [6.45, 7) is 1.91. The number of amides is 1. The second-order valence-electron chi connectivity index (χ2n) is 6.44. The topological polar surface area (TPSA) is 71.6 Å². The predicted octanol–water partition coefficient (Wildman–Crippen LogP) is 5.76. The fourth-order valence-corrected chi connectivity index (χ4v) is 3.98. The van der Waals surface area contributed by atoms with Crippen molar-refractivity contribution in [2.75, 3.05) is 4.90 Å². The maximum atomic E-state index is 14.5. The van der Waals surface area contributed by atoms with E-state index in [4.69, 9.17) is 27.7 Å². The van der Waals surface area contributed by atoms with E-state index in [1.807, 2.05) is 6.92 Å². The fourth-order valence-electron chi connectivity index (χ4n) is 2.82. The molecule has 31 heavy (non-hydrogen) atoms. The van der Waals surface area contributed by atoms with E-state index in [0.717, 1.165) is 0 Å². The SMILES string of the molecule is CCc1nc(CSC2=N/C(=C/c3ccc(Cl)c(Cl)c3)C(=O)N2c2ccccc2F)no1. The zero-order chi connectivity index (χ0) is 22.0. The molecule has 0 bridgehead atoms. The van der Waals surface area contributed by atoms with Gasteiger partial charge in [0, 0.05) is 6.42 Å². The zero-order valence-electron chi connectivity index (χ0n) is 16.2. The van der Waals surface area contributed by atoms with Crippen LogP contribution >= 0.6 is 35.0 Å². The number of hydrogen-bond donors (Lipinski definition) is 0.